The van der Waals surface area contributed by atoms with Crippen molar-refractivity contribution in [2.75, 3.05) is 29.5 Å². The van der Waals surface area contributed by atoms with E-state index in [0.29, 0.717) is 17.1 Å². The molecule has 1 aromatic carbocycles. The van der Waals surface area contributed by atoms with Gasteiger partial charge in [-0.05, 0) is 18.2 Å². The molecule has 0 saturated heterocycles. The Balaban J connectivity index is 1.89. The number of amides is 2. The molecule has 0 fully saturated rings. The van der Waals surface area contributed by atoms with E-state index in [1.54, 1.807) is 18.2 Å². The molecule has 2 rings (SSSR count). The van der Waals surface area contributed by atoms with Gasteiger partial charge in [0, 0.05) is 10.6 Å². The molecule has 21 heavy (non-hydrogen) atoms. The van der Waals surface area contributed by atoms with E-state index in [1.165, 1.54) is 11.8 Å². The summed E-state index contributed by atoms with van der Waals surface area (Å²) >= 11 is 1.38. The van der Waals surface area contributed by atoms with Crippen molar-refractivity contribution >= 4 is 35.0 Å². The fourth-order valence-electron chi connectivity index (χ4n) is 1.68. The van der Waals surface area contributed by atoms with Gasteiger partial charge in [-0.3, -0.25) is 9.59 Å². The predicted octanol–water partition coefficient (Wildman–Crippen LogP) is 1.82. The minimum Gasteiger partial charge on any atom is -0.325 e. The summed E-state index contributed by atoms with van der Waals surface area (Å²) in [5.74, 6) is -0.392. The van der Waals surface area contributed by atoms with Crippen LogP contribution < -0.4 is 16.0 Å². The number of hydrogen-bond donors (Lipinski definition) is 3. The summed E-state index contributed by atoms with van der Waals surface area (Å²) < 4.78 is 35.8. The van der Waals surface area contributed by atoms with Crippen LogP contribution in [0.2, 0.25) is 0 Å². The van der Waals surface area contributed by atoms with E-state index in [2.05, 4.69) is 10.6 Å². The van der Waals surface area contributed by atoms with Crippen LogP contribution in [0.25, 0.3) is 0 Å². The number of fused-ring (bicyclic) bond motifs is 1. The topological polar surface area (TPSA) is 70.2 Å². The smallest absolute Gasteiger partial charge is 0.325 e. The Kier molecular flexibility index (Phi) is 4.73. The quantitative estimate of drug-likeness (QED) is 0.792. The average Bonchev–Trinajstić information content (AvgIpc) is 2.36. The number of rotatable bonds is 4. The molecular weight excluding hydrogens is 307 g/mol. The third kappa shape index (κ3) is 4.94. The maximum absolute atomic E-state index is 11.9. The lowest BCUT2D eigenvalue weighted by molar-refractivity contribution is -0.127. The molecule has 2 amide bonds. The van der Waals surface area contributed by atoms with Gasteiger partial charge in [0.2, 0.25) is 11.8 Å². The monoisotopic (exact) mass is 319 g/mol. The minimum absolute atomic E-state index is 0.136. The second-order valence-corrected chi connectivity index (χ2v) is 5.33. The molecule has 0 aliphatic carbocycles. The van der Waals surface area contributed by atoms with Gasteiger partial charge in [-0.2, -0.15) is 13.2 Å². The Morgan fingerprint density at radius 1 is 1.38 bits per heavy atom. The molecule has 0 bridgehead atoms. The maximum atomic E-state index is 11.9. The van der Waals surface area contributed by atoms with Crippen molar-refractivity contribution in [2.45, 2.75) is 11.1 Å². The second-order valence-electron chi connectivity index (χ2n) is 4.31. The zero-order chi connectivity index (χ0) is 15.5. The van der Waals surface area contributed by atoms with Crippen LogP contribution in [0.3, 0.4) is 0 Å². The third-order valence-corrected chi connectivity index (χ3v) is 3.58. The number of alkyl halides is 3. The van der Waals surface area contributed by atoms with E-state index in [4.69, 9.17) is 0 Å². The highest BCUT2D eigenvalue weighted by atomic mass is 32.2. The van der Waals surface area contributed by atoms with Gasteiger partial charge in [-0.25, -0.2) is 0 Å². The molecule has 1 aliphatic heterocycles. The number of halogens is 3. The molecule has 0 saturated carbocycles. The Morgan fingerprint density at radius 3 is 2.86 bits per heavy atom. The zero-order valence-electron chi connectivity index (χ0n) is 10.7. The van der Waals surface area contributed by atoms with Gasteiger partial charge in [-0.15, -0.1) is 11.8 Å². The number of anilines is 2. The summed E-state index contributed by atoms with van der Waals surface area (Å²) in [6.45, 7) is -1.67. The van der Waals surface area contributed by atoms with Crippen LogP contribution >= 0.6 is 11.8 Å². The van der Waals surface area contributed by atoms with E-state index < -0.39 is 25.2 Å². The highest BCUT2D eigenvalue weighted by Gasteiger charge is 2.26. The van der Waals surface area contributed by atoms with Crippen LogP contribution in [0.15, 0.2) is 23.1 Å². The van der Waals surface area contributed by atoms with Crippen LogP contribution in [-0.2, 0) is 9.59 Å². The van der Waals surface area contributed by atoms with Crippen molar-refractivity contribution < 1.29 is 22.8 Å². The number of nitrogens with one attached hydrogen (secondary N) is 3. The molecule has 0 radical (unpaired) electrons. The van der Waals surface area contributed by atoms with Crippen LogP contribution in [0, 0.1) is 0 Å². The molecular formula is C12H12F3N3O2S. The molecule has 0 atom stereocenters. The highest BCUT2D eigenvalue weighted by Crippen LogP contribution is 2.33. The van der Waals surface area contributed by atoms with Crippen LogP contribution in [-0.4, -0.2) is 36.8 Å². The molecule has 1 heterocycles. The number of benzene rings is 1. The van der Waals surface area contributed by atoms with Gasteiger partial charge in [0.25, 0.3) is 0 Å². The third-order valence-electron chi connectivity index (χ3n) is 2.51. The van der Waals surface area contributed by atoms with E-state index in [-0.39, 0.29) is 5.91 Å². The van der Waals surface area contributed by atoms with Crippen molar-refractivity contribution in [1.29, 1.82) is 0 Å². The predicted molar refractivity (Wildman–Crippen MR) is 73.4 cm³/mol. The van der Waals surface area contributed by atoms with Crippen LogP contribution in [0.4, 0.5) is 24.5 Å². The lowest BCUT2D eigenvalue weighted by atomic mass is 10.2. The summed E-state index contributed by atoms with van der Waals surface area (Å²) in [6, 6.07) is 4.93. The molecule has 0 unspecified atom stereocenters. The summed E-state index contributed by atoms with van der Waals surface area (Å²) in [6.07, 6.45) is -4.35. The first kappa shape index (κ1) is 15.6. The molecule has 1 aromatic rings. The Morgan fingerprint density at radius 2 is 2.14 bits per heavy atom. The van der Waals surface area contributed by atoms with Crippen LogP contribution in [0.5, 0.6) is 0 Å². The van der Waals surface area contributed by atoms with Gasteiger partial charge in [0.1, 0.15) is 0 Å². The first-order valence-corrected chi connectivity index (χ1v) is 6.96. The molecule has 0 aromatic heterocycles. The van der Waals surface area contributed by atoms with E-state index >= 15 is 0 Å². The Bertz CT molecular complexity index is 563. The Hall–Kier alpha value is -1.74. The average molecular weight is 319 g/mol. The van der Waals surface area contributed by atoms with Crippen molar-refractivity contribution in [3.63, 3.8) is 0 Å². The van der Waals surface area contributed by atoms with Gasteiger partial charge < -0.3 is 16.0 Å². The lowest BCUT2D eigenvalue weighted by Crippen LogP contribution is -2.35. The number of thioether (sulfide) groups is 1. The zero-order valence-corrected chi connectivity index (χ0v) is 11.5. The molecule has 114 valence electrons. The summed E-state index contributed by atoms with van der Waals surface area (Å²) in [7, 11) is 0. The summed E-state index contributed by atoms with van der Waals surface area (Å²) in [5, 5.41) is 7.13. The van der Waals surface area contributed by atoms with Crippen molar-refractivity contribution in [1.82, 2.24) is 5.32 Å². The molecule has 5 nitrogen and oxygen atoms in total. The molecule has 3 N–H and O–H groups in total. The number of hydrogen-bond acceptors (Lipinski definition) is 4. The fraction of sp³-hybridized carbons (Fsp3) is 0.333. The number of carbonyl (C=O) groups is 2. The van der Waals surface area contributed by atoms with Crippen LogP contribution in [0.1, 0.15) is 0 Å². The maximum Gasteiger partial charge on any atom is 0.401 e. The molecule has 0 spiro atoms. The first-order chi connectivity index (χ1) is 9.83. The van der Waals surface area contributed by atoms with E-state index in [1.807, 2.05) is 5.32 Å². The van der Waals surface area contributed by atoms with Gasteiger partial charge in [0.15, 0.2) is 0 Å². The Labute approximate surface area is 122 Å². The fourth-order valence-corrected chi connectivity index (χ4v) is 2.47. The minimum atomic E-state index is -4.35. The van der Waals surface area contributed by atoms with Crippen molar-refractivity contribution in [3.05, 3.63) is 18.2 Å². The lowest BCUT2D eigenvalue weighted by Gasteiger charge is -2.17. The number of carbonyl (C=O) groups excluding carboxylic acids is 2. The van der Waals surface area contributed by atoms with Gasteiger partial charge in [-0.1, -0.05) is 0 Å². The molecule has 9 heteroatoms. The van der Waals surface area contributed by atoms with Gasteiger partial charge in [0.05, 0.1) is 24.5 Å². The second kappa shape index (κ2) is 6.35. The van der Waals surface area contributed by atoms with E-state index in [9.17, 15) is 22.8 Å². The standard InChI is InChI=1S/C12H12F3N3O2S/c13-12(14,15)6-16-4-10(19)17-7-1-2-9-8(3-7)18-11(20)5-21-9/h1-3,16H,4-6H2,(H,17,19)(H,18,20). The van der Waals surface area contributed by atoms with E-state index in [0.717, 1.165) is 4.90 Å². The SMILES string of the molecule is O=C(CNCC(F)(F)F)Nc1ccc2c(c1)NC(=O)CS2. The first-order valence-electron chi connectivity index (χ1n) is 5.97. The van der Waals surface area contributed by atoms with Crippen molar-refractivity contribution in [2.24, 2.45) is 0 Å². The summed E-state index contributed by atoms with van der Waals surface area (Å²) in [5.41, 5.74) is 0.993. The highest BCUT2D eigenvalue weighted by molar-refractivity contribution is 8.00. The summed E-state index contributed by atoms with van der Waals surface area (Å²) in [4.78, 5) is 23.6. The normalized spacial score (nSPS) is 14.3. The van der Waals surface area contributed by atoms with Gasteiger partial charge >= 0.3 is 6.18 Å². The largest absolute Gasteiger partial charge is 0.401 e. The van der Waals surface area contributed by atoms with Crippen molar-refractivity contribution in [3.8, 4) is 0 Å². The molecule has 1 aliphatic rings.